The molecular formula is C14H21NO. The number of nitrogens with one attached hydrogen (secondary N) is 1. The molecule has 2 heteroatoms. The molecule has 1 aromatic rings. The van der Waals surface area contributed by atoms with Crippen molar-refractivity contribution in [2.75, 3.05) is 13.2 Å². The van der Waals surface area contributed by atoms with Crippen molar-refractivity contribution in [3.05, 3.63) is 29.8 Å². The van der Waals surface area contributed by atoms with Gasteiger partial charge in [-0.25, -0.2) is 0 Å². The molecule has 0 unspecified atom stereocenters. The average molecular weight is 219 g/mol. The molecule has 1 heterocycles. The molecule has 0 aliphatic carbocycles. The summed E-state index contributed by atoms with van der Waals surface area (Å²) in [5.41, 5.74) is 1.41. The van der Waals surface area contributed by atoms with Crippen LogP contribution in [0.2, 0.25) is 0 Å². The fourth-order valence-electron chi connectivity index (χ4n) is 2.27. The number of hydrogen-bond acceptors (Lipinski definition) is 2. The molecule has 1 aromatic carbocycles. The molecule has 1 fully saturated rings. The van der Waals surface area contributed by atoms with Gasteiger partial charge in [0.05, 0.1) is 6.61 Å². The van der Waals surface area contributed by atoms with Crippen LogP contribution in [0, 0.1) is 0 Å². The van der Waals surface area contributed by atoms with Gasteiger partial charge in [0, 0.05) is 6.04 Å². The summed E-state index contributed by atoms with van der Waals surface area (Å²) in [6.07, 6.45) is 5.16. The number of ether oxygens (including phenoxy) is 1. The molecule has 0 aromatic heterocycles. The maximum atomic E-state index is 5.44. The summed E-state index contributed by atoms with van der Waals surface area (Å²) in [6, 6.07) is 9.18. The Bertz CT molecular complexity index is 301. The maximum Gasteiger partial charge on any atom is 0.119 e. The van der Waals surface area contributed by atoms with E-state index in [2.05, 4.69) is 29.6 Å². The summed E-state index contributed by atoms with van der Waals surface area (Å²) in [6.45, 7) is 3.94. The Labute approximate surface area is 98.0 Å². The van der Waals surface area contributed by atoms with E-state index in [9.17, 15) is 0 Å². The molecule has 1 saturated heterocycles. The van der Waals surface area contributed by atoms with Gasteiger partial charge in [0.25, 0.3) is 0 Å². The van der Waals surface area contributed by atoms with Crippen LogP contribution in [-0.2, 0) is 6.42 Å². The monoisotopic (exact) mass is 219 g/mol. The maximum absolute atomic E-state index is 5.44. The number of rotatable bonds is 4. The Kier molecular flexibility index (Phi) is 4.23. The van der Waals surface area contributed by atoms with E-state index in [-0.39, 0.29) is 0 Å². The van der Waals surface area contributed by atoms with Crippen molar-refractivity contribution in [3.8, 4) is 5.75 Å². The summed E-state index contributed by atoms with van der Waals surface area (Å²) in [4.78, 5) is 0. The van der Waals surface area contributed by atoms with Gasteiger partial charge in [-0.3, -0.25) is 0 Å². The predicted octanol–water partition coefficient (Wildman–Crippen LogP) is 2.77. The van der Waals surface area contributed by atoms with Crippen molar-refractivity contribution >= 4 is 0 Å². The smallest absolute Gasteiger partial charge is 0.119 e. The summed E-state index contributed by atoms with van der Waals surface area (Å²) < 4.78 is 5.44. The fraction of sp³-hybridized carbons (Fsp3) is 0.571. The van der Waals surface area contributed by atoms with Crippen molar-refractivity contribution in [2.45, 2.75) is 38.6 Å². The Balaban J connectivity index is 1.88. The van der Waals surface area contributed by atoms with E-state index in [1.807, 2.05) is 6.92 Å². The highest BCUT2D eigenvalue weighted by molar-refractivity contribution is 5.27. The third-order valence-corrected chi connectivity index (χ3v) is 3.13. The third-order valence-electron chi connectivity index (χ3n) is 3.13. The van der Waals surface area contributed by atoms with Crippen molar-refractivity contribution in [1.29, 1.82) is 0 Å². The predicted molar refractivity (Wildman–Crippen MR) is 67.0 cm³/mol. The molecule has 1 atom stereocenters. The van der Waals surface area contributed by atoms with Gasteiger partial charge >= 0.3 is 0 Å². The Morgan fingerprint density at radius 3 is 2.69 bits per heavy atom. The molecule has 88 valence electrons. The van der Waals surface area contributed by atoms with Gasteiger partial charge in [0.15, 0.2) is 0 Å². The lowest BCUT2D eigenvalue weighted by Crippen LogP contribution is -2.35. The van der Waals surface area contributed by atoms with Crippen molar-refractivity contribution in [3.63, 3.8) is 0 Å². The first-order valence-electron chi connectivity index (χ1n) is 6.33. The van der Waals surface area contributed by atoms with Crippen LogP contribution in [0.1, 0.15) is 31.7 Å². The number of piperidine rings is 1. The normalized spacial score (nSPS) is 20.7. The van der Waals surface area contributed by atoms with Crippen LogP contribution >= 0.6 is 0 Å². The minimum atomic E-state index is 0.673. The third kappa shape index (κ3) is 3.24. The highest BCUT2D eigenvalue weighted by atomic mass is 16.5. The first-order valence-corrected chi connectivity index (χ1v) is 6.33. The molecule has 0 bridgehead atoms. The minimum Gasteiger partial charge on any atom is -0.494 e. The van der Waals surface area contributed by atoms with Gasteiger partial charge in [0.2, 0.25) is 0 Å². The highest BCUT2D eigenvalue weighted by Crippen LogP contribution is 2.16. The molecule has 2 rings (SSSR count). The van der Waals surface area contributed by atoms with Crippen LogP contribution < -0.4 is 10.1 Å². The summed E-state index contributed by atoms with van der Waals surface area (Å²) in [5, 5.41) is 3.58. The molecule has 0 saturated carbocycles. The van der Waals surface area contributed by atoms with E-state index in [4.69, 9.17) is 4.74 Å². The van der Waals surface area contributed by atoms with Crippen molar-refractivity contribution in [1.82, 2.24) is 5.32 Å². The zero-order chi connectivity index (χ0) is 11.2. The van der Waals surface area contributed by atoms with Crippen LogP contribution in [0.4, 0.5) is 0 Å². The molecule has 0 amide bonds. The molecule has 0 radical (unpaired) electrons. The van der Waals surface area contributed by atoms with E-state index in [0.717, 1.165) is 18.8 Å². The number of benzene rings is 1. The van der Waals surface area contributed by atoms with E-state index < -0.39 is 0 Å². The molecular weight excluding hydrogens is 198 g/mol. The van der Waals surface area contributed by atoms with Gasteiger partial charge in [-0.05, 0) is 50.4 Å². The summed E-state index contributed by atoms with van der Waals surface area (Å²) >= 11 is 0. The lowest BCUT2D eigenvalue weighted by atomic mass is 9.98. The van der Waals surface area contributed by atoms with Crippen LogP contribution in [0.3, 0.4) is 0 Å². The van der Waals surface area contributed by atoms with Crippen LogP contribution in [0.25, 0.3) is 0 Å². The van der Waals surface area contributed by atoms with Gasteiger partial charge in [-0.1, -0.05) is 18.6 Å². The fourth-order valence-corrected chi connectivity index (χ4v) is 2.27. The second-order valence-electron chi connectivity index (χ2n) is 4.43. The molecule has 0 spiro atoms. The summed E-state index contributed by atoms with van der Waals surface area (Å²) in [5.74, 6) is 0.975. The standard InChI is InChI=1S/C14H21NO/c1-2-16-14-8-6-12(7-9-14)11-13-5-3-4-10-15-13/h6-9,13,15H,2-5,10-11H2,1H3/t13-/m0/s1. The van der Waals surface area contributed by atoms with E-state index >= 15 is 0 Å². The van der Waals surface area contributed by atoms with Gasteiger partial charge < -0.3 is 10.1 Å². The van der Waals surface area contributed by atoms with Gasteiger partial charge in [-0.2, -0.15) is 0 Å². The Hall–Kier alpha value is -1.02. The van der Waals surface area contributed by atoms with E-state index in [1.54, 1.807) is 0 Å². The lowest BCUT2D eigenvalue weighted by molar-refractivity contribution is 0.340. The zero-order valence-corrected chi connectivity index (χ0v) is 10.0. The van der Waals surface area contributed by atoms with Crippen LogP contribution in [-0.4, -0.2) is 19.2 Å². The van der Waals surface area contributed by atoms with Crippen molar-refractivity contribution in [2.24, 2.45) is 0 Å². The minimum absolute atomic E-state index is 0.673. The van der Waals surface area contributed by atoms with Crippen LogP contribution in [0.15, 0.2) is 24.3 Å². The SMILES string of the molecule is CCOc1ccc(C[C@@H]2CCCCN2)cc1. The molecule has 1 N–H and O–H groups in total. The van der Waals surface area contributed by atoms with E-state index in [1.165, 1.54) is 31.4 Å². The molecule has 2 nitrogen and oxygen atoms in total. The Morgan fingerprint density at radius 2 is 2.06 bits per heavy atom. The molecule has 16 heavy (non-hydrogen) atoms. The largest absolute Gasteiger partial charge is 0.494 e. The second kappa shape index (κ2) is 5.90. The average Bonchev–Trinajstić information content (AvgIpc) is 2.33. The van der Waals surface area contributed by atoms with Gasteiger partial charge in [0.1, 0.15) is 5.75 Å². The van der Waals surface area contributed by atoms with Crippen molar-refractivity contribution < 1.29 is 4.74 Å². The van der Waals surface area contributed by atoms with E-state index in [0.29, 0.717) is 6.04 Å². The Morgan fingerprint density at radius 1 is 1.25 bits per heavy atom. The first-order chi connectivity index (χ1) is 7.88. The lowest BCUT2D eigenvalue weighted by Gasteiger charge is -2.23. The number of hydrogen-bond donors (Lipinski definition) is 1. The van der Waals surface area contributed by atoms with Crippen LogP contribution in [0.5, 0.6) is 5.75 Å². The zero-order valence-electron chi connectivity index (χ0n) is 10.0. The highest BCUT2D eigenvalue weighted by Gasteiger charge is 2.12. The topological polar surface area (TPSA) is 21.3 Å². The quantitative estimate of drug-likeness (QED) is 0.840. The first kappa shape index (κ1) is 11.5. The van der Waals surface area contributed by atoms with Gasteiger partial charge in [-0.15, -0.1) is 0 Å². The second-order valence-corrected chi connectivity index (χ2v) is 4.43. The molecule has 1 aliphatic heterocycles. The molecule has 1 aliphatic rings. The summed E-state index contributed by atoms with van der Waals surface area (Å²) in [7, 11) is 0.